The van der Waals surface area contributed by atoms with Gasteiger partial charge in [-0.1, -0.05) is 30.3 Å². The third-order valence-corrected chi connectivity index (χ3v) is 4.53. The van der Waals surface area contributed by atoms with Gasteiger partial charge < -0.3 is 5.32 Å². The Morgan fingerprint density at radius 3 is 2.94 bits per heavy atom. The molecule has 1 nitrogen and oxygen atoms in total. The Morgan fingerprint density at radius 2 is 2.12 bits per heavy atom. The standard InChI is InChI=1S/C14H14ClNS/c15-13-8-10-4-1-2-6-12(10)14(13)16-9-11-5-3-7-17-11/h1-7,13-14,16H,8-9H2. The van der Waals surface area contributed by atoms with E-state index in [0.29, 0.717) is 0 Å². The van der Waals surface area contributed by atoms with Crippen LogP contribution in [0.4, 0.5) is 0 Å². The minimum atomic E-state index is 0.173. The molecule has 2 aromatic rings. The van der Waals surface area contributed by atoms with Gasteiger partial charge in [-0.05, 0) is 29.0 Å². The number of nitrogens with one attached hydrogen (secondary N) is 1. The van der Waals surface area contributed by atoms with Crippen molar-refractivity contribution in [1.29, 1.82) is 0 Å². The van der Waals surface area contributed by atoms with E-state index in [1.54, 1.807) is 11.3 Å². The summed E-state index contributed by atoms with van der Waals surface area (Å²) < 4.78 is 0. The van der Waals surface area contributed by atoms with Crippen molar-refractivity contribution in [3.05, 3.63) is 57.8 Å². The van der Waals surface area contributed by atoms with E-state index in [1.165, 1.54) is 16.0 Å². The van der Waals surface area contributed by atoms with Crippen LogP contribution < -0.4 is 5.32 Å². The molecule has 0 bridgehead atoms. The van der Waals surface area contributed by atoms with E-state index in [2.05, 4.69) is 47.1 Å². The third-order valence-electron chi connectivity index (χ3n) is 3.24. The van der Waals surface area contributed by atoms with E-state index >= 15 is 0 Å². The summed E-state index contributed by atoms with van der Waals surface area (Å²) in [7, 11) is 0. The molecule has 1 aromatic carbocycles. The molecule has 3 heteroatoms. The molecule has 2 atom stereocenters. The monoisotopic (exact) mass is 263 g/mol. The predicted molar refractivity (Wildman–Crippen MR) is 73.7 cm³/mol. The number of benzene rings is 1. The van der Waals surface area contributed by atoms with E-state index in [0.717, 1.165) is 13.0 Å². The van der Waals surface area contributed by atoms with Crippen molar-refractivity contribution in [1.82, 2.24) is 5.32 Å². The Morgan fingerprint density at radius 1 is 1.24 bits per heavy atom. The summed E-state index contributed by atoms with van der Waals surface area (Å²) in [5.74, 6) is 0. The van der Waals surface area contributed by atoms with E-state index in [9.17, 15) is 0 Å². The Kier molecular flexibility index (Phi) is 3.19. The second kappa shape index (κ2) is 4.81. The van der Waals surface area contributed by atoms with Crippen molar-refractivity contribution in [2.75, 3.05) is 0 Å². The van der Waals surface area contributed by atoms with Crippen LogP contribution in [0, 0.1) is 0 Å². The van der Waals surface area contributed by atoms with Crippen LogP contribution in [0.2, 0.25) is 0 Å². The van der Waals surface area contributed by atoms with Gasteiger partial charge in [-0.25, -0.2) is 0 Å². The van der Waals surface area contributed by atoms with Crippen LogP contribution in [0.3, 0.4) is 0 Å². The molecule has 1 aliphatic rings. The summed E-state index contributed by atoms with van der Waals surface area (Å²) in [6.07, 6.45) is 0.972. The molecular weight excluding hydrogens is 250 g/mol. The van der Waals surface area contributed by atoms with Crippen LogP contribution >= 0.6 is 22.9 Å². The fourth-order valence-electron chi connectivity index (χ4n) is 2.41. The van der Waals surface area contributed by atoms with Gasteiger partial charge in [0.2, 0.25) is 0 Å². The lowest BCUT2D eigenvalue weighted by molar-refractivity contribution is 0.539. The minimum absolute atomic E-state index is 0.173. The normalized spacial score (nSPS) is 22.6. The van der Waals surface area contributed by atoms with E-state index in [4.69, 9.17) is 11.6 Å². The maximum absolute atomic E-state index is 6.42. The molecule has 17 heavy (non-hydrogen) atoms. The lowest BCUT2D eigenvalue weighted by Gasteiger charge is -2.16. The highest BCUT2D eigenvalue weighted by molar-refractivity contribution is 7.09. The summed E-state index contributed by atoms with van der Waals surface area (Å²) >= 11 is 8.21. The van der Waals surface area contributed by atoms with Crippen molar-refractivity contribution in [2.24, 2.45) is 0 Å². The summed E-state index contributed by atoms with van der Waals surface area (Å²) in [6, 6.07) is 13.1. The summed E-state index contributed by atoms with van der Waals surface area (Å²) in [4.78, 5) is 1.36. The van der Waals surface area contributed by atoms with Gasteiger partial charge in [-0.3, -0.25) is 0 Å². The first kappa shape index (κ1) is 11.3. The summed E-state index contributed by atoms with van der Waals surface area (Å²) in [5.41, 5.74) is 2.75. The van der Waals surface area contributed by atoms with Gasteiger partial charge in [-0.15, -0.1) is 22.9 Å². The predicted octanol–water partition coefficient (Wildman–Crippen LogP) is 3.74. The molecule has 88 valence electrons. The Labute approximate surface area is 110 Å². The highest BCUT2D eigenvalue weighted by atomic mass is 35.5. The maximum Gasteiger partial charge on any atom is 0.0571 e. The molecule has 1 aliphatic carbocycles. The van der Waals surface area contributed by atoms with Gasteiger partial charge in [0.1, 0.15) is 0 Å². The van der Waals surface area contributed by atoms with Crippen LogP contribution in [-0.4, -0.2) is 5.38 Å². The van der Waals surface area contributed by atoms with Crippen molar-refractivity contribution in [3.8, 4) is 0 Å². The van der Waals surface area contributed by atoms with Crippen molar-refractivity contribution in [2.45, 2.75) is 24.4 Å². The second-order valence-corrected chi connectivity index (χ2v) is 5.95. The van der Waals surface area contributed by atoms with Gasteiger partial charge in [0.25, 0.3) is 0 Å². The molecule has 0 fully saturated rings. The van der Waals surface area contributed by atoms with Crippen molar-refractivity contribution >= 4 is 22.9 Å². The van der Waals surface area contributed by atoms with E-state index in [-0.39, 0.29) is 11.4 Å². The molecule has 0 radical (unpaired) electrons. The lowest BCUT2D eigenvalue weighted by Crippen LogP contribution is -2.25. The largest absolute Gasteiger partial charge is 0.304 e. The zero-order chi connectivity index (χ0) is 11.7. The van der Waals surface area contributed by atoms with Gasteiger partial charge in [0.15, 0.2) is 0 Å². The maximum atomic E-state index is 6.42. The SMILES string of the molecule is ClC1Cc2ccccc2C1NCc1cccs1. The average molecular weight is 264 g/mol. The number of fused-ring (bicyclic) bond motifs is 1. The highest BCUT2D eigenvalue weighted by Gasteiger charge is 2.30. The molecule has 1 heterocycles. The number of rotatable bonds is 3. The van der Waals surface area contributed by atoms with Crippen molar-refractivity contribution in [3.63, 3.8) is 0 Å². The molecule has 0 aliphatic heterocycles. The number of hydrogen-bond acceptors (Lipinski definition) is 2. The van der Waals surface area contributed by atoms with Gasteiger partial charge >= 0.3 is 0 Å². The smallest absolute Gasteiger partial charge is 0.0571 e. The Balaban J connectivity index is 1.75. The van der Waals surface area contributed by atoms with E-state index < -0.39 is 0 Å². The topological polar surface area (TPSA) is 12.0 Å². The molecule has 0 spiro atoms. The van der Waals surface area contributed by atoms with Crippen LogP contribution in [0.25, 0.3) is 0 Å². The molecule has 3 rings (SSSR count). The first-order valence-electron chi connectivity index (χ1n) is 5.82. The summed E-state index contributed by atoms with van der Waals surface area (Å²) in [5, 5.41) is 5.85. The molecule has 1 N–H and O–H groups in total. The van der Waals surface area contributed by atoms with Crippen LogP contribution in [0.5, 0.6) is 0 Å². The average Bonchev–Trinajstić information content (AvgIpc) is 2.93. The molecule has 0 amide bonds. The second-order valence-electron chi connectivity index (χ2n) is 4.36. The van der Waals surface area contributed by atoms with Crippen molar-refractivity contribution < 1.29 is 0 Å². The first-order chi connectivity index (χ1) is 8.34. The first-order valence-corrected chi connectivity index (χ1v) is 7.14. The highest BCUT2D eigenvalue weighted by Crippen LogP contribution is 2.34. The molecule has 1 aromatic heterocycles. The minimum Gasteiger partial charge on any atom is -0.304 e. The summed E-state index contributed by atoms with van der Waals surface area (Å²) in [6.45, 7) is 0.903. The number of hydrogen-bond donors (Lipinski definition) is 1. The number of alkyl halides is 1. The Hall–Kier alpha value is -0.830. The Bertz CT molecular complexity index is 495. The number of halogens is 1. The van der Waals surface area contributed by atoms with Crippen LogP contribution in [0.1, 0.15) is 22.0 Å². The fourth-order valence-corrected chi connectivity index (χ4v) is 3.45. The van der Waals surface area contributed by atoms with E-state index in [1.807, 2.05) is 0 Å². The zero-order valence-corrected chi connectivity index (χ0v) is 11.0. The molecule has 0 saturated heterocycles. The van der Waals surface area contributed by atoms with Gasteiger partial charge in [-0.2, -0.15) is 0 Å². The van der Waals surface area contributed by atoms with Gasteiger partial charge in [0.05, 0.1) is 5.38 Å². The van der Waals surface area contributed by atoms with Crippen LogP contribution in [0.15, 0.2) is 41.8 Å². The molecular formula is C14H14ClNS. The fraction of sp³-hybridized carbons (Fsp3) is 0.286. The zero-order valence-electron chi connectivity index (χ0n) is 9.40. The van der Waals surface area contributed by atoms with Crippen LogP contribution in [-0.2, 0) is 13.0 Å². The van der Waals surface area contributed by atoms with Gasteiger partial charge in [0, 0.05) is 17.5 Å². The number of thiophene rings is 1. The third kappa shape index (κ3) is 2.25. The quantitative estimate of drug-likeness (QED) is 0.832. The lowest BCUT2D eigenvalue weighted by atomic mass is 10.1. The molecule has 2 unspecified atom stereocenters. The molecule has 0 saturated carbocycles.